The molecule has 0 bridgehead atoms. The normalized spacial score (nSPS) is 12.2. The Kier molecular flexibility index (Phi) is 5.51. The van der Waals surface area contributed by atoms with Crippen LogP contribution in [0.15, 0.2) is 89.1 Å². The van der Waals surface area contributed by atoms with Gasteiger partial charge in [0.2, 0.25) is 0 Å². The van der Waals surface area contributed by atoms with Crippen LogP contribution in [0, 0.1) is 0 Å². The molecule has 26 heavy (non-hydrogen) atoms. The number of benzene rings is 3. The van der Waals surface area contributed by atoms with Crippen LogP contribution in [0.3, 0.4) is 0 Å². The van der Waals surface area contributed by atoms with E-state index in [0.717, 1.165) is 28.1 Å². The van der Waals surface area contributed by atoms with E-state index in [4.69, 9.17) is 10.8 Å². The Morgan fingerprint density at radius 2 is 1.31 bits per heavy atom. The van der Waals surface area contributed by atoms with E-state index < -0.39 is 12.0 Å². The predicted molar refractivity (Wildman–Crippen MR) is 102 cm³/mol. The number of nitrogens with zero attached hydrogens (tertiary/aromatic N) is 2. The average molecular weight is 345 g/mol. The molecule has 5 nitrogen and oxygen atoms in total. The average Bonchev–Trinajstić information content (AvgIpc) is 2.68. The highest BCUT2D eigenvalue weighted by atomic mass is 16.4. The van der Waals surface area contributed by atoms with Gasteiger partial charge in [-0.2, -0.15) is 10.2 Å². The summed E-state index contributed by atoms with van der Waals surface area (Å²) < 4.78 is 0. The Balaban J connectivity index is 1.68. The van der Waals surface area contributed by atoms with Gasteiger partial charge in [-0.1, -0.05) is 54.6 Å². The molecule has 5 heteroatoms. The molecule has 0 saturated heterocycles. The molecule has 0 fully saturated rings. The summed E-state index contributed by atoms with van der Waals surface area (Å²) in [5.74, 6) is -0.991. The van der Waals surface area contributed by atoms with Gasteiger partial charge in [0, 0.05) is 0 Å². The third-order valence-corrected chi connectivity index (χ3v) is 3.96. The Bertz CT molecular complexity index is 889. The fraction of sp³-hybridized carbons (Fsp3) is 0.0952. The standard InChI is InChI=1S/C21H19N3O2/c22-20(21(25)26)14-15-6-8-16(9-7-15)17-10-12-19(13-11-17)24-23-18-4-2-1-3-5-18/h1-13,20H,14,22H2,(H,25,26)/t20-/m0/s1. The lowest BCUT2D eigenvalue weighted by Gasteiger charge is -2.08. The Hall–Kier alpha value is -3.31. The van der Waals surface area contributed by atoms with Crippen molar-refractivity contribution in [3.05, 3.63) is 84.4 Å². The number of nitrogens with two attached hydrogens (primary N) is 1. The molecule has 3 aromatic carbocycles. The second-order valence-electron chi connectivity index (χ2n) is 5.93. The van der Waals surface area contributed by atoms with Crippen LogP contribution in [0.2, 0.25) is 0 Å². The van der Waals surface area contributed by atoms with E-state index in [-0.39, 0.29) is 0 Å². The van der Waals surface area contributed by atoms with Crippen molar-refractivity contribution >= 4 is 17.3 Å². The zero-order valence-corrected chi connectivity index (χ0v) is 14.1. The Morgan fingerprint density at radius 1 is 0.808 bits per heavy atom. The van der Waals surface area contributed by atoms with Gasteiger partial charge in [0.05, 0.1) is 11.4 Å². The Morgan fingerprint density at radius 3 is 1.85 bits per heavy atom. The van der Waals surface area contributed by atoms with E-state index in [9.17, 15) is 4.79 Å². The molecule has 0 aliphatic heterocycles. The Labute approximate surface area is 151 Å². The number of azo groups is 1. The van der Waals surface area contributed by atoms with Gasteiger partial charge in [-0.25, -0.2) is 0 Å². The van der Waals surface area contributed by atoms with Crippen molar-refractivity contribution in [2.75, 3.05) is 0 Å². The minimum absolute atomic E-state index is 0.314. The van der Waals surface area contributed by atoms with Gasteiger partial charge in [0.15, 0.2) is 0 Å². The number of rotatable bonds is 6. The van der Waals surface area contributed by atoms with Crippen molar-refractivity contribution < 1.29 is 9.90 Å². The molecule has 3 N–H and O–H groups in total. The molecule has 0 aromatic heterocycles. The lowest BCUT2D eigenvalue weighted by atomic mass is 10.0. The third kappa shape index (κ3) is 4.62. The predicted octanol–water partition coefficient (Wildman–Crippen LogP) is 4.72. The molecule has 0 aliphatic rings. The van der Waals surface area contributed by atoms with Crippen LogP contribution in [-0.4, -0.2) is 17.1 Å². The van der Waals surface area contributed by atoms with Gasteiger partial charge >= 0.3 is 5.97 Å². The largest absolute Gasteiger partial charge is 0.480 e. The molecular weight excluding hydrogens is 326 g/mol. The lowest BCUT2D eigenvalue weighted by molar-refractivity contribution is -0.138. The van der Waals surface area contributed by atoms with Crippen LogP contribution in [0.25, 0.3) is 11.1 Å². The number of carboxylic acid groups (broad SMARTS) is 1. The maximum Gasteiger partial charge on any atom is 0.320 e. The molecule has 130 valence electrons. The smallest absolute Gasteiger partial charge is 0.320 e. The molecule has 0 unspecified atom stereocenters. The van der Waals surface area contributed by atoms with Crippen LogP contribution >= 0.6 is 0 Å². The van der Waals surface area contributed by atoms with Crippen molar-refractivity contribution in [3.63, 3.8) is 0 Å². The first-order chi connectivity index (χ1) is 12.6. The monoisotopic (exact) mass is 345 g/mol. The van der Waals surface area contributed by atoms with Crippen LogP contribution < -0.4 is 5.73 Å². The molecule has 0 radical (unpaired) electrons. The van der Waals surface area contributed by atoms with E-state index in [2.05, 4.69) is 10.2 Å². The van der Waals surface area contributed by atoms with Gasteiger partial charge in [-0.05, 0) is 47.4 Å². The molecule has 3 aromatic rings. The number of aliphatic carboxylic acids is 1. The minimum Gasteiger partial charge on any atom is -0.480 e. The van der Waals surface area contributed by atoms with Gasteiger partial charge in [-0.3, -0.25) is 4.79 Å². The topological polar surface area (TPSA) is 88.0 Å². The van der Waals surface area contributed by atoms with E-state index >= 15 is 0 Å². The summed E-state index contributed by atoms with van der Waals surface area (Å²) in [5.41, 5.74) is 10.2. The maximum atomic E-state index is 10.8. The molecule has 0 aliphatic carbocycles. The summed E-state index contributed by atoms with van der Waals surface area (Å²) in [7, 11) is 0. The summed E-state index contributed by atoms with van der Waals surface area (Å²) in [6.07, 6.45) is 0.314. The lowest BCUT2D eigenvalue weighted by Crippen LogP contribution is -2.32. The van der Waals surface area contributed by atoms with E-state index in [0.29, 0.717) is 6.42 Å². The SMILES string of the molecule is N[C@@H](Cc1ccc(-c2ccc(N=Nc3ccccc3)cc2)cc1)C(=O)O. The fourth-order valence-electron chi connectivity index (χ4n) is 2.51. The summed E-state index contributed by atoms with van der Waals surface area (Å²) in [6.45, 7) is 0. The molecule has 0 spiro atoms. The molecular formula is C21H19N3O2. The van der Waals surface area contributed by atoms with Gasteiger partial charge < -0.3 is 10.8 Å². The highest BCUT2D eigenvalue weighted by molar-refractivity contribution is 5.73. The minimum atomic E-state index is -0.991. The highest BCUT2D eigenvalue weighted by Gasteiger charge is 2.11. The van der Waals surface area contributed by atoms with Crippen molar-refractivity contribution in [1.29, 1.82) is 0 Å². The quantitative estimate of drug-likeness (QED) is 0.633. The van der Waals surface area contributed by atoms with E-state index in [1.54, 1.807) is 0 Å². The van der Waals surface area contributed by atoms with Crippen LogP contribution in [-0.2, 0) is 11.2 Å². The fourth-order valence-corrected chi connectivity index (χ4v) is 2.51. The molecule has 0 saturated carbocycles. The van der Waals surface area contributed by atoms with Crippen molar-refractivity contribution in [1.82, 2.24) is 0 Å². The van der Waals surface area contributed by atoms with Gasteiger partial charge in [-0.15, -0.1) is 0 Å². The van der Waals surface area contributed by atoms with E-state index in [1.165, 1.54) is 0 Å². The van der Waals surface area contributed by atoms with Crippen LogP contribution in [0.4, 0.5) is 11.4 Å². The molecule has 3 rings (SSSR count). The van der Waals surface area contributed by atoms with Crippen LogP contribution in [0.1, 0.15) is 5.56 Å². The van der Waals surface area contributed by atoms with Gasteiger partial charge in [0.25, 0.3) is 0 Å². The summed E-state index contributed by atoms with van der Waals surface area (Å²) in [5, 5.41) is 17.3. The zero-order chi connectivity index (χ0) is 18.4. The highest BCUT2D eigenvalue weighted by Crippen LogP contribution is 2.24. The van der Waals surface area contributed by atoms with Crippen molar-refractivity contribution in [2.24, 2.45) is 16.0 Å². The zero-order valence-electron chi connectivity index (χ0n) is 14.1. The van der Waals surface area contributed by atoms with Crippen molar-refractivity contribution in [2.45, 2.75) is 12.5 Å². The van der Waals surface area contributed by atoms with E-state index in [1.807, 2.05) is 78.9 Å². The summed E-state index contributed by atoms with van der Waals surface area (Å²) in [6, 6.07) is 24.2. The first-order valence-corrected chi connectivity index (χ1v) is 8.26. The van der Waals surface area contributed by atoms with Crippen molar-refractivity contribution in [3.8, 4) is 11.1 Å². The summed E-state index contributed by atoms with van der Waals surface area (Å²) in [4.78, 5) is 10.8. The second kappa shape index (κ2) is 8.18. The second-order valence-corrected chi connectivity index (χ2v) is 5.93. The van der Waals surface area contributed by atoms with Gasteiger partial charge in [0.1, 0.15) is 6.04 Å². The number of carboxylic acids is 1. The first-order valence-electron chi connectivity index (χ1n) is 8.26. The molecule has 1 atom stereocenters. The van der Waals surface area contributed by atoms with Crippen LogP contribution in [0.5, 0.6) is 0 Å². The maximum absolute atomic E-state index is 10.8. The molecule has 0 heterocycles. The number of carbonyl (C=O) groups is 1. The number of hydrogen-bond donors (Lipinski definition) is 2. The summed E-state index contributed by atoms with van der Waals surface area (Å²) >= 11 is 0. The third-order valence-electron chi connectivity index (χ3n) is 3.96. The first kappa shape index (κ1) is 17.5. The number of hydrogen-bond acceptors (Lipinski definition) is 4. The molecule has 0 amide bonds.